The largest absolute Gasteiger partial charge is 0.340 e. The number of hydrogen-bond donors (Lipinski definition) is 1. The van der Waals surface area contributed by atoms with Crippen molar-refractivity contribution in [3.05, 3.63) is 0 Å². The third-order valence-electron chi connectivity index (χ3n) is 4.17. The lowest BCUT2D eigenvalue weighted by atomic mass is 9.93. The van der Waals surface area contributed by atoms with Crippen molar-refractivity contribution in [3.8, 4) is 0 Å². The van der Waals surface area contributed by atoms with E-state index in [1.54, 1.807) is 0 Å². The summed E-state index contributed by atoms with van der Waals surface area (Å²) in [7, 11) is 0. The molecular weight excluding hydrogens is 224 g/mol. The summed E-state index contributed by atoms with van der Waals surface area (Å²) in [5.41, 5.74) is 0. The van der Waals surface area contributed by atoms with Crippen molar-refractivity contribution in [2.75, 3.05) is 19.6 Å². The monoisotopic (exact) mass is 254 g/mol. The number of amides is 1. The summed E-state index contributed by atoms with van der Waals surface area (Å²) >= 11 is 0. The summed E-state index contributed by atoms with van der Waals surface area (Å²) in [6, 6.07) is 0.470. The minimum absolute atomic E-state index is 0.366. The lowest BCUT2D eigenvalue weighted by molar-refractivity contribution is -0.135. The summed E-state index contributed by atoms with van der Waals surface area (Å²) in [6.45, 7) is 11.8. The number of nitrogens with one attached hydrogen (secondary N) is 1. The Hall–Kier alpha value is -0.570. The van der Waals surface area contributed by atoms with Crippen LogP contribution >= 0.6 is 0 Å². The molecule has 18 heavy (non-hydrogen) atoms. The van der Waals surface area contributed by atoms with E-state index in [0.29, 0.717) is 30.2 Å². The fourth-order valence-electron chi connectivity index (χ4n) is 2.50. The van der Waals surface area contributed by atoms with Crippen molar-refractivity contribution in [3.63, 3.8) is 0 Å². The molecule has 0 bridgehead atoms. The first-order valence-electron chi connectivity index (χ1n) is 7.56. The Kier molecular flexibility index (Phi) is 6.69. The Bertz CT molecular complexity index is 247. The summed E-state index contributed by atoms with van der Waals surface area (Å²) in [5, 5.41) is 3.37. The van der Waals surface area contributed by atoms with Crippen LogP contribution in [0, 0.1) is 11.8 Å². The molecule has 3 nitrogen and oxygen atoms in total. The molecule has 0 radical (unpaired) electrons. The first-order valence-corrected chi connectivity index (χ1v) is 7.56. The molecule has 0 aromatic rings. The van der Waals surface area contributed by atoms with Crippen LogP contribution in [-0.4, -0.2) is 36.5 Å². The van der Waals surface area contributed by atoms with Gasteiger partial charge in [-0.1, -0.05) is 27.7 Å². The van der Waals surface area contributed by atoms with Gasteiger partial charge in [0.15, 0.2) is 0 Å². The average Bonchev–Trinajstić information content (AvgIpc) is 2.36. The van der Waals surface area contributed by atoms with Crippen LogP contribution in [0.4, 0.5) is 0 Å². The van der Waals surface area contributed by atoms with E-state index in [9.17, 15) is 4.79 Å². The minimum atomic E-state index is 0.366. The lowest BCUT2D eigenvalue weighted by Crippen LogP contribution is -2.47. The fraction of sp³-hybridized carbons (Fsp3) is 0.933. The second-order valence-corrected chi connectivity index (χ2v) is 5.99. The van der Waals surface area contributed by atoms with Crippen molar-refractivity contribution in [2.24, 2.45) is 11.8 Å². The van der Waals surface area contributed by atoms with Gasteiger partial charge >= 0.3 is 0 Å². The average molecular weight is 254 g/mol. The molecule has 0 saturated carbocycles. The quantitative estimate of drug-likeness (QED) is 0.790. The summed E-state index contributed by atoms with van der Waals surface area (Å²) in [5.74, 6) is 1.44. The van der Waals surface area contributed by atoms with Gasteiger partial charge in [0.05, 0.1) is 0 Å². The van der Waals surface area contributed by atoms with E-state index < -0.39 is 0 Å². The second-order valence-electron chi connectivity index (χ2n) is 5.99. The van der Waals surface area contributed by atoms with E-state index >= 15 is 0 Å². The van der Waals surface area contributed by atoms with Crippen LogP contribution in [0.1, 0.15) is 53.4 Å². The van der Waals surface area contributed by atoms with Crippen LogP contribution in [-0.2, 0) is 4.79 Å². The Balaban J connectivity index is 2.56. The number of rotatable bonds is 6. The zero-order valence-corrected chi connectivity index (χ0v) is 12.5. The highest BCUT2D eigenvalue weighted by Crippen LogP contribution is 2.19. The Morgan fingerprint density at radius 2 is 1.89 bits per heavy atom. The van der Waals surface area contributed by atoms with Crippen LogP contribution < -0.4 is 5.32 Å². The highest BCUT2D eigenvalue weighted by atomic mass is 16.2. The van der Waals surface area contributed by atoms with Gasteiger partial charge in [0.2, 0.25) is 5.91 Å². The summed E-state index contributed by atoms with van der Waals surface area (Å²) < 4.78 is 0. The molecule has 1 heterocycles. The molecule has 1 amide bonds. The number of carbonyl (C=O) groups excluding carboxylic acids is 1. The van der Waals surface area contributed by atoms with Gasteiger partial charge in [0, 0.05) is 19.0 Å². The normalized spacial score (nSPS) is 18.9. The summed E-state index contributed by atoms with van der Waals surface area (Å²) in [4.78, 5) is 14.6. The van der Waals surface area contributed by atoms with Crippen molar-refractivity contribution >= 4 is 5.91 Å². The fourth-order valence-corrected chi connectivity index (χ4v) is 2.50. The molecule has 1 saturated heterocycles. The van der Waals surface area contributed by atoms with Crippen molar-refractivity contribution in [2.45, 2.75) is 59.4 Å². The highest BCUT2D eigenvalue weighted by molar-refractivity contribution is 5.76. The number of nitrogens with zero attached hydrogens (tertiary/aromatic N) is 1. The Labute approximate surface area is 112 Å². The number of carbonyl (C=O) groups is 1. The third-order valence-corrected chi connectivity index (χ3v) is 4.17. The first-order chi connectivity index (χ1) is 8.56. The second kappa shape index (κ2) is 7.78. The predicted molar refractivity (Wildman–Crippen MR) is 76.5 cm³/mol. The van der Waals surface area contributed by atoms with Crippen molar-refractivity contribution in [1.82, 2.24) is 10.2 Å². The van der Waals surface area contributed by atoms with Crippen LogP contribution in [0.3, 0.4) is 0 Å². The highest BCUT2D eigenvalue weighted by Gasteiger charge is 2.25. The maximum atomic E-state index is 12.5. The maximum absolute atomic E-state index is 12.5. The molecular formula is C15H30N2O. The first kappa shape index (κ1) is 15.5. The maximum Gasteiger partial charge on any atom is 0.223 e. The number of piperidine rings is 1. The topological polar surface area (TPSA) is 32.3 Å². The van der Waals surface area contributed by atoms with Crippen LogP contribution in [0.2, 0.25) is 0 Å². The van der Waals surface area contributed by atoms with Crippen LogP contribution in [0.15, 0.2) is 0 Å². The van der Waals surface area contributed by atoms with E-state index in [1.165, 1.54) is 0 Å². The molecule has 1 aliphatic rings. The molecule has 106 valence electrons. The standard InChI is InChI=1S/C15H30N2O/c1-5-10-17(14-6-8-16-9-7-14)15(18)11-13(4)12(2)3/h12-14,16H,5-11H2,1-4H3. The molecule has 0 aromatic carbocycles. The van der Waals surface area contributed by atoms with E-state index in [-0.39, 0.29) is 0 Å². The van der Waals surface area contributed by atoms with E-state index in [2.05, 4.69) is 37.9 Å². The summed E-state index contributed by atoms with van der Waals surface area (Å²) in [6.07, 6.45) is 4.00. The van der Waals surface area contributed by atoms with Gasteiger partial charge in [-0.2, -0.15) is 0 Å². The molecule has 0 aliphatic carbocycles. The molecule has 3 heteroatoms. The van der Waals surface area contributed by atoms with Crippen LogP contribution in [0.25, 0.3) is 0 Å². The van der Waals surface area contributed by atoms with Gasteiger partial charge in [-0.15, -0.1) is 0 Å². The molecule has 1 aliphatic heterocycles. The SMILES string of the molecule is CCCN(C(=O)CC(C)C(C)C)C1CCNCC1. The molecule has 0 aromatic heterocycles. The Morgan fingerprint density at radius 3 is 2.39 bits per heavy atom. The molecule has 1 unspecified atom stereocenters. The van der Waals surface area contributed by atoms with Gasteiger partial charge in [-0.3, -0.25) is 4.79 Å². The van der Waals surface area contributed by atoms with Gasteiger partial charge < -0.3 is 10.2 Å². The molecule has 1 N–H and O–H groups in total. The number of hydrogen-bond acceptors (Lipinski definition) is 2. The minimum Gasteiger partial charge on any atom is -0.340 e. The van der Waals surface area contributed by atoms with E-state index in [1.807, 2.05) is 0 Å². The van der Waals surface area contributed by atoms with Crippen LogP contribution in [0.5, 0.6) is 0 Å². The van der Waals surface area contributed by atoms with Gasteiger partial charge in [-0.05, 0) is 44.2 Å². The zero-order valence-electron chi connectivity index (χ0n) is 12.5. The van der Waals surface area contributed by atoms with Crippen molar-refractivity contribution in [1.29, 1.82) is 0 Å². The van der Waals surface area contributed by atoms with E-state index in [4.69, 9.17) is 0 Å². The van der Waals surface area contributed by atoms with Crippen molar-refractivity contribution < 1.29 is 4.79 Å². The van der Waals surface area contributed by atoms with Gasteiger partial charge in [0.1, 0.15) is 0 Å². The van der Waals surface area contributed by atoms with E-state index in [0.717, 1.165) is 38.9 Å². The molecule has 0 spiro atoms. The smallest absolute Gasteiger partial charge is 0.223 e. The van der Waals surface area contributed by atoms with Gasteiger partial charge in [0.25, 0.3) is 0 Å². The lowest BCUT2D eigenvalue weighted by Gasteiger charge is -2.35. The predicted octanol–water partition coefficient (Wildman–Crippen LogP) is 2.66. The van der Waals surface area contributed by atoms with Gasteiger partial charge in [-0.25, -0.2) is 0 Å². The zero-order chi connectivity index (χ0) is 13.5. The molecule has 1 atom stereocenters. The molecule has 1 fully saturated rings. The Morgan fingerprint density at radius 1 is 1.28 bits per heavy atom. The third kappa shape index (κ3) is 4.60. The molecule has 1 rings (SSSR count).